The third-order valence-corrected chi connectivity index (χ3v) is 2.66. The third-order valence-electron chi connectivity index (χ3n) is 2.66. The molecule has 1 aromatic carbocycles. The largest absolute Gasteiger partial charge is 0.480 e. The van der Waals surface area contributed by atoms with Gasteiger partial charge in [-0.05, 0) is 37.1 Å². The summed E-state index contributed by atoms with van der Waals surface area (Å²) in [6.07, 6.45) is 0.850. The van der Waals surface area contributed by atoms with Crippen LogP contribution in [0.1, 0.15) is 35.2 Å². The van der Waals surface area contributed by atoms with Crippen molar-refractivity contribution in [2.24, 2.45) is 0 Å². The Morgan fingerprint density at radius 3 is 2.40 bits per heavy atom. The number of carboxylic acids is 1. The zero-order chi connectivity index (χ0) is 15.0. The Hall–Kier alpha value is -2.86. The molecule has 0 aliphatic carbocycles. The first-order valence-electron chi connectivity index (χ1n) is 5.99. The molecule has 6 heteroatoms. The summed E-state index contributed by atoms with van der Waals surface area (Å²) in [6.45, 7) is 0. The highest BCUT2D eigenvalue weighted by Crippen LogP contribution is 2.06. The van der Waals surface area contributed by atoms with E-state index < -0.39 is 17.9 Å². The van der Waals surface area contributed by atoms with Crippen molar-refractivity contribution in [3.63, 3.8) is 0 Å². The van der Waals surface area contributed by atoms with E-state index in [-0.39, 0.29) is 18.4 Å². The van der Waals surface area contributed by atoms with Gasteiger partial charge in [0.1, 0.15) is 6.04 Å². The number of carboxylic acid groups (broad SMARTS) is 1. The van der Waals surface area contributed by atoms with Gasteiger partial charge in [0.05, 0.1) is 17.7 Å². The molecule has 0 unspecified atom stereocenters. The maximum Gasteiger partial charge on any atom is 0.326 e. The van der Waals surface area contributed by atoms with E-state index in [1.165, 1.54) is 24.3 Å². The molecule has 0 saturated heterocycles. The third kappa shape index (κ3) is 4.43. The standard InChI is InChI=1S/C14H13N3O3/c15-8-2-1-3-12(14(19)20)17-13(18)11-6-4-10(9-16)5-7-11/h4-7,12H,1-3H2,(H,17,18)(H,19,20)/t12-/m0/s1. The fourth-order valence-corrected chi connectivity index (χ4v) is 1.58. The summed E-state index contributed by atoms with van der Waals surface area (Å²) in [7, 11) is 0. The number of rotatable bonds is 6. The molecular weight excluding hydrogens is 258 g/mol. The number of carbonyl (C=O) groups is 2. The molecule has 0 fully saturated rings. The second-order valence-corrected chi connectivity index (χ2v) is 4.10. The number of nitriles is 2. The molecular formula is C14H13N3O3. The first-order chi connectivity index (χ1) is 9.58. The highest BCUT2D eigenvalue weighted by atomic mass is 16.4. The fraction of sp³-hybridized carbons (Fsp3) is 0.286. The smallest absolute Gasteiger partial charge is 0.326 e. The highest BCUT2D eigenvalue weighted by molar-refractivity contribution is 5.96. The van der Waals surface area contributed by atoms with E-state index >= 15 is 0 Å². The van der Waals surface area contributed by atoms with Crippen molar-refractivity contribution in [3.8, 4) is 12.1 Å². The Balaban J connectivity index is 2.68. The molecule has 0 aromatic heterocycles. The van der Waals surface area contributed by atoms with E-state index in [9.17, 15) is 9.59 Å². The van der Waals surface area contributed by atoms with Gasteiger partial charge in [-0.3, -0.25) is 4.79 Å². The molecule has 0 radical (unpaired) electrons. The fourth-order valence-electron chi connectivity index (χ4n) is 1.58. The maximum atomic E-state index is 11.9. The molecule has 20 heavy (non-hydrogen) atoms. The minimum absolute atomic E-state index is 0.199. The second-order valence-electron chi connectivity index (χ2n) is 4.10. The van der Waals surface area contributed by atoms with Crippen LogP contribution in [0, 0.1) is 22.7 Å². The Morgan fingerprint density at radius 1 is 1.25 bits per heavy atom. The quantitative estimate of drug-likeness (QED) is 0.760. The molecule has 1 aromatic rings. The Bertz CT molecular complexity index is 567. The SMILES string of the molecule is N#CCCC[C@H](NC(=O)c1ccc(C#N)cc1)C(=O)O. The summed E-state index contributed by atoms with van der Waals surface area (Å²) in [5, 5.41) is 28.5. The van der Waals surface area contributed by atoms with Crippen LogP contribution in [0.2, 0.25) is 0 Å². The van der Waals surface area contributed by atoms with Gasteiger partial charge in [0.15, 0.2) is 0 Å². The molecule has 1 atom stereocenters. The number of carbonyl (C=O) groups excluding carboxylic acids is 1. The van der Waals surface area contributed by atoms with Crippen LogP contribution in [0.4, 0.5) is 0 Å². The molecule has 0 heterocycles. The molecule has 0 aliphatic heterocycles. The molecule has 1 amide bonds. The van der Waals surface area contributed by atoms with Crippen LogP contribution in [0.25, 0.3) is 0 Å². The molecule has 0 aliphatic rings. The van der Waals surface area contributed by atoms with Gasteiger partial charge in [-0.15, -0.1) is 0 Å². The van der Waals surface area contributed by atoms with Crippen LogP contribution in [0.15, 0.2) is 24.3 Å². The zero-order valence-electron chi connectivity index (χ0n) is 10.7. The van der Waals surface area contributed by atoms with E-state index in [1.807, 2.05) is 12.1 Å². The topological polar surface area (TPSA) is 114 Å². The number of nitrogens with one attached hydrogen (secondary N) is 1. The zero-order valence-corrected chi connectivity index (χ0v) is 10.7. The molecule has 2 N–H and O–H groups in total. The number of nitrogens with zero attached hydrogens (tertiary/aromatic N) is 2. The van der Waals surface area contributed by atoms with Gasteiger partial charge < -0.3 is 10.4 Å². The summed E-state index contributed by atoms with van der Waals surface area (Å²) in [5.74, 6) is -1.65. The average molecular weight is 271 g/mol. The Morgan fingerprint density at radius 2 is 1.90 bits per heavy atom. The van der Waals surface area contributed by atoms with Gasteiger partial charge in [0.25, 0.3) is 5.91 Å². The van der Waals surface area contributed by atoms with Crippen LogP contribution >= 0.6 is 0 Å². The Labute approximate surface area is 116 Å². The molecule has 1 rings (SSSR count). The van der Waals surface area contributed by atoms with Crippen molar-refractivity contribution >= 4 is 11.9 Å². The van der Waals surface area contributed by atoms with E-state index in [4.69, 9.17) is 15.6 Å². The average Bonchev–Trinajstić information content (AvgIpc) is 2.46. The summed E-state index contributed by atoms with van der Waals surface area (Å²) >= 11 is 0. The van der Waals surface area contributed by atoms with Crippen LogP contribution < -0.4 is 5.32 Å². The first-order valence-corrected chi connectivity index (χ1v) is 5.99. The first kappa shape index (κ1) is 15.2. The number of benzene rings is 1. The summed E-state index contributed by atoms with van der Waals surface area (Å²) in [4.78, 5) is 22.9. The van der Waals surface area contributed by atoms with E-state index in [1.54, 1.807) is 0 Å². The van der Waals surface area contributed by atoms with E-state index in [0.717, 1.165) is 0 Å². The Kier molecular flexibility index (Phi) is 5.74. The summed E-state index contributed by atoms with van der Waals surface area (Å²) < 4.78 is 0. The number of hydrogen-bond acceptors (Lipinski definition) is 4. The van der Waals surface area contributed by atoms with Gasteiger partial charge in [0, 0.05) is 12.0 Å². The predicted molar refractivity (Wildman–Crippen MR) is 69.5 cm³/mol. The molecule has 0 saturated carbocycles. The second kappa shape index (κ2) is 7.55. The minimum atomic E-state index is -1.13. The number of unbranched alkanes of at least 4 members (excludes halogenated alkanes) is 1. The van der Waals surface area contributed by atoms with Crippen molar-refractivity contribution in [2.45, 2.75) is 25.3 Å². The van der Waals surface area contributed by atoms with Crippen molar-refractivity contribution in [1.29, 1.82) is 10.5 Å². The van der Waals surface area contributed by atoms with E-state index in [0.29, 0.717) is 12.0 Å². The van der Waals surface area contributed by atoms with Crippen molar-refractivity contribution < 1.29 is 14.7 Å². The normalized spacial score (nSPS) is 10.9. The van der Waals surface area contributed by atoms with Gasteiger partial charge in [-0.25, -0.2) is 4.79 Å². The van der Waals surface area contributed by atoms with Crippen LogP contribution in [-0.2, 0) is 4.79 Å². The summed E-state index contributed by atoms with van der Waals surface area (Å²) in [6, 6.07) is 8.73. The van der Waals surface area contributed by atoms with Crippen LogP contribution in [-0.4, -0.2) is 23.0 Å². The molecule has 0 bridgehead atoms. The molecule has 0 spiro atoms. The summed E-state index contributed by atoms with van der Waals surface area (Å²) in [5.41, 5.74) is 0.709. The van der Waals surface area contributed by atoms with Crippen molar-refractivity contribution in [3.05, 3.63) is 35.4 Å². The monoisotopic (exact) mass is 271 g/mol. The van der Waals surface area contributed by atoms with Crippen molar-refractivity contribution in [2.75, 3.05) is 0 Å². The van der Waals surface area contributed by atoms with Gasteiger partial charge >= 0.3 is 5.97 Å². The lowest BCUT2D eigenvalue weighted by Gasteiger charge is -2.13. The molecule has 6 nitrogen and oxygen atoms in total. The lowest BCUT2D eigenvalue weighted by atomic mass is 10.1. The predicted octanol–water partition coefficient (Wildman–Crippen LogP) is 1.44. The number of aliphatic carboxylic acids is 1. The van der Waals surface area contributed by atoms with Crippen molar-refractivity contribution in [1.82, 2.24) is 5.32 Å². The molecule has 102 valence electrons. The van der Waals surface area contributed by atoms with Gasteiger partial charge in [0.2, 0.25) is 0 Å². The number of amides is 1. The minimum Gasteiger partial charge on any atom is -0.480 e. The lowest BCUT2D eigenvalue weighted by molar-refractivity contribution is -0.139. The lowest BCUT2D eigenvalue weighted by Crippen LogP contribution is -2.40. The number of hydrogen-bond donors (Lipinski definition) is 2. The van der Waals surface area contributed by atoms with Gasteiger partial charge in [-0.2, -0.15) is 10.5 Å². The highest BCUT2D eigenvalue weighted by Gasteiger charge is 2.20. The van der Waals surface area contributed by atoms with Crippen LogP contribution in [0.3, 0.4) is 0 Å². The van der Waals surface area contributed by atoms with Crippen LogP contribution in [0.5, 0.6) is 0 Å². The van der Waals surface area contributed by atoms with E-state index in [2.05, 4.69) is 5.32 Å². The van der Waals surface area contributed by atoms with Gasteiger partial charge in [-0.1, -0.05) is 0 Å². The maximum absolute atomic E-state index is 11.9.